The van der Waals surface area contributed by atoms with E-state index in [9.17, 15) is 8.42 Å². The van der Waals surface area contributed by atoms with Crippen molar-refractivity contribution in [3.8, 4) is 24.2 Å². The zero-order chi connectivity index (χ0) is 13.4. The molecule has 0 saturated carbocycles. The lowest BCUT2D eigenvalue weighted by Gasteiger charge is -2.11. The van der Waals surface area contributed by atoms with E-state index in [0.29, 0.717) is 12.8 Å². The minimum absolute atomic E-state index is 0.0374. The Kier molecular flexibility index (Phi) is 5.40. The molecule has 0 fully saturated rings. The van der Waals surface area contributed by atoms with Crippen molar-refractivity contribution in [2.24, 2.45) is 5.73 Å². The summed E-state index contributed by atoms with van der Waals surface area (Å²) in [4.78, 5) is 6.71. The smallest absolute Gasteiger partial charge is 0.228 e. The highest BCUT2D eigenvalue weighted by Gasteiger charge is 2.20. The Labute approximate surface area is 106 Å². The normalized spacial score (nSPS) is 12.2. The summed E-state index contributed by atoms with van der Waals surface area (Å²) < 4.78 is 25.6. The van der Waals surface area contributed by atoms with E-state index in [0.717, 1.165) is 5.69 Å². The number of nitrogens with one attached hydrogen (secondary N) is 2. The molecule has 0 aliphatic rings. The molecule has 18 heavy (non-hydrogen) atoms. The van der Waals surface area contributed by atoms with E-state index in [1.165, 1.54) is 6.33 Å². The first kappa shape index (κ1) is 14.3. The first-order chi connectivity index (χ1) is 8.56. The van der Waals surface area contributed by atoms with Crippen LogP contribution in [0.5, 0.6) is 0 Å². The van der Waals surface area contributed by atoms with Crippen LogP contribution in [0.15, 0.2) is 12.5 Å². The molecule has 6 nitrogen and oxygen atoms in total. The number of aryl methyl sites for hydroxylation is 1. The highest BCUT2D eigenvalue weighted by atomic mass is 32.2. The van der Waals surface area contributed by atoms with Crippen LogP contribution < -0.4 is 10.5 Å². The molecule has 0 aromatic carbocycles. The Bertz CT molecular complexity index is 560. The van der Waals surface area contributed by atoms with Gasteiger partial charge in [-0.1, -0.05) is 5.92 Å². The predicted octanol–water partition coefficient (Wildman–Crippen LogP) is -0.817. The summed E-state index contributed by atoms with van der Waals surface area (Å²) >= 11 is 0. The minimum atomic E-state index is -3.57. The van der Waals surface area contributed by atoms with Crippen molar-refractivity contribution in [1.29, 1.82) is 0 Å². The standard InChI is InChI=1S/C11H14N4O2S/c1-2-3-4-7-15-18(16,17)11(12)6-5-10-8-13-9-14-10/h1,8-9,11,15H,5-7,12H2,(H,13,14). The van der Waals surface area contributed by atoms with Gasteiger partial charge in [0.1, 0.15) is 5.37 Å². The average molecular weight is 266 g/mol. The Morgan fingerprint density at radius 3 is 3.00 bits per heavy atom. The summed E-state index contributed by atoms with van der Waals surface area (Å²) in [6.07, 6.45) is 8.87. The van der Waals surface area contributed by atoms with Crippen LogP contribution in [0, 0.1) is 24.2 Å². The van der Waals surface area contributed by atoms with Crippen molar-refractivity contribution >= 4 is 10.0 Å². The van der Waals surface area contributed by atoms with Gasteiger partial charge in [-0.3, -0.25) is 0 Å². The number of hydrogen-bond acceptors (Lipinski definition) is 4. The molecule has 0 spiro atoms. The summed E-state index contributed by atoms with van der Waals surface area (Å²) in [5.74, 6) is 6.87. The summed E-state index contributed by atoms with van der Waals surface area (Å²) in [6, 6.07) is 0. The molecule has 7 heteroatoms. The lowest BCUT2D eigenvalue weighted by Crippen LogP contribution is -2.40. The lowest BCUT2D eigenvalue weighted by atomic mass is 10.2. The van der Waals surface area contributed by atoms with Gasteiger partial charge in [-0.05, 0) is 24.7 Å². The first-order valence-corrected chi connectivity index (χ1v) is 6.75. The van der Waals surface area contributed by atoms with Crippen LogP contribution in [0.4, 0.5) is 0 Å². The van der Waals surface area contributed by atoms with Crippen LogP contribution in [-0.2, 0) is 16.4 Å². The molecule has 0 aliphatic carbocycles. The third kappa shape index (κ3) is 4.60. The summed E-state index contributed by atoms with van der Waals surface area (Å²) in [6.45, 7) is -0.0374. The number of H-pyrrole nitrogens is 1. The second-order valence-corrected chi connectivity index (χ2v) is 5.45. The van der Waals surface area contributed by atoms with E-state index in [1.807, 2.05) is 0 Å². The topological polar surface area (TPSA) is 101 Å². The number of rotatable bonds is 6. The van der Waals surface area contributed by atoms with Gasteiger partial charge in [0, 0.05) is 11.9 Å². The van der Waals surface area contributed by atoms with Crippen LogP contribution in [0.25, 0.3) is 0 Å². The Morgan fingerprint density at radius 2 is 2.39 bits per heavy atom. The number of imidazole rings is 1. The molecule has 1 unspecified atom stereocenters. The lowest BCUT2D eigenvalue weighted by molar-refractivity contribution is 0.562. The average Bonchev–Trinajstić information content (AvgIpc) is 2.84. The molecule has 4 N–H and O–H groups in total. The molecule has 1 atom stereocenters. The molecular weight excluding hydrogens is 252 g/mol. The van der Waals surface area contributed by atoms with Crippen molar-refractivity contribution in [3.05, 3.63) is 18.2 Å². The molecule has 1 rings (SSSR count). The fraction of sp³-hybridized carbons (Fsp3) is 0.364. The number of aromatic amines is 1. The van der Waals surface area contributed by atoms with Gasteiger partial charge in [0.25, 0.3) is 0 Å². The molecular formula is C11H14N4O2S. The molecule has 0 radical (unpaired) electrons. The summed E-state index contributed by atoms with van der Waals surface area (Å²) in [5, 5.41) is -0.992. The Morgan fingerprint density at radius 1 is 1.61 bits per heavy atom. The monoisotopic (exact) mass is 266 g/mol. The second-order valence-electron chi connectivity index (χ2n) is 3.47. The number of hydrogen-bond donors (Lipinski definition) is 3. The number of sulfonamides is 1. The molecule has 0 amide bonds. The van der Waals surface area contributed by atoms with Gasteiger partial charge in [0.05, 0.1) is 12.9 Å². The fourth-order valence-corrected chi connectivity index (χ4v) is 2.13. The van der Waals surface area contributed by atoms with Crippen LogP contribution >= 0.6 is 0 Å². The van der Waals surface area contributed by atoms with Gasteiger partial charge in [0.15, 0.2) is 0 Å². The Balaban J connectivity index is 2.44. The molecule has 0 aliphatic heterocycles. The molecule has 0 saturated heterocycles. The molecule has 1 aromatic rings. The largest absolute Gasteiger partial charge is 0.348 e. The van der Waals surface area contributed by atoms with Crippen molar-refractivity contribution in [1.82, 2.24) is 14.7 Å². The number of aromatic nitrogens is 2. The summed E-state index contributed by atoms with van der Waals surface area (Å²) in [5.41, 5.74) is 6.45. The maximum Gasteiger partial charge on any atom is 0.228 e. The molecule has 1 heterocycles. The third-order valence-electron chi connectivity index (χ3n) is 2.17. The third-order valence-corrected chi connectivity index (χ3v) is 3.75. The van der Waals surface area contributed by atoms with E-state index in [-0.39, 0.29) is 6.54 Å². The van der Waals surface area contributed by atoms with Crippen LogP contribution in [0.3, 0.4) is 0 Å². The molecule has 1 aromatic heterocycles. The second kappa shape index (κ2) is 6.82. The maximum atomic E-state index is 11.7. The van der Waals surface area contributed by atoms with Gasteiger partial charge in [0.2, 0.25) is 10.0 Å². The Hall–Kier alpha value is -1.80. The zero-order valence-corrected chi connectivity index (χ0v) is 10.5. The van der Waals surface area contributed by atoms with Crippen LogP contribution in [0.1, 0.15) is 12.1 Å². The van der Waals surface area contributed by atoms with Gasteiger partial charge in [-0.25, -0.2) is 18.1 Å². The predicted molar refractivity (Wildman–Crippen MR) is 68.4 cm³/mol. The van der Waals surface area contributed by atoms with Crippen molar-refractivity contribution in [2.45, 2.75) is 18.2 Å². The van der Waals surface area contributed by atoms with E-state index in [1.54, 1.807) is 6.20 Å². The number of nitrogens with zero attached hydrogens (tertiary/aromatic N) is 1. The van der Waals surface area contributed by atoms with Crippen LogP contribution in [-0.4, -0.2) is 30.3 Å². The van der Waals surface area contributed by atoms with Crippen molar-refractivity contribution in [2.75, 3.05) is 6.54 Å². The number of terminal acetylenes is 1. The summed E-state index contributed by atoms with van der Waals surface area (Å²) in [7, 11) is -3.57. The molecule has 0 bridgehead atoms. The van der Waals surface area contributed by atoms with Gasteiger partial charge in [-0.2, -0.15) is 0 Å². The number of nitrogens with two attached hydrogens (primary N) is 1. The van der Waals surface area contributed by atoms with Gasteiger partial charge < -0.3 is 10.7 Å². The van der Waals surface area contributed by atoms with E-state index in [4.69, 9.17) is 12.2 Å². The van der Waals surface area contributed by atoms with E-state index >= 15 is 0 Å². The highest BCUT2D eigenvalue weighted by Crippen LogP contribution is 2.03. The quantitative estimate of drug-likeness (QED) is 0.586. The van der Waals surface area contributed by atoms with Crippen molar-refractivity contribution < 1.29 is 8.42 Å². The van der Waals surface area contributed by atoms with E-state index in [2.05, 4.69) is 32.5 Å². The highest BCUT2D eigenvalue weighted by molar-refractivity contribution is 7.90. The fourth-order valence-electron chi connectivity index (χ4n) is 1.21. The SMILES string of the molecule is C#CC#CCNS(=O)(=O)C(N)CCc1cnc[nH]1. The van der Waals surface area contributed by atoms with E-state index < -0.39 is 15.4 Å². The first-order valence-electron chi connectivity index (χ1n) is 5.21. The van der Waals surface area contributed by atoms with Crippen LogP contribution in [0.2, 0.25) is 0 Å². The molecule has 96 valence electrons. The van der Waals surface area contributed by atoms with Gasteiger partial charge in [-0.15, -0.1) is 6.42 Å². The minimum Gasteiger partial charge on any atom is -0.348 e. The maximum absolute atomic E-state index is 11.7. The van der Waals surface area contributed by atoms with Crippen molar-refractivity contribution in [3.63, 3.8) is 0 Å². The zero-order valence-electron chi connectivity index (χ0n) is 9.68. The van der Waals surface area contributed by atoms with Gasteiger partial charge >= 0.3 is 0 Å².